The van der Waals surface area contributed by atoms with Crippen LogP contribution >= 0.6 is 38.5 Å². The largest absolute Gasteiger partial charge is 0.399 e. The van der Waals surface area contributed by atoms with E-state index >= 15 is 0 Å². The minimum atomic E-state index is -0.148. The summed E-state index contributed by atoms with van der Waals surface area (Å²) in [7, 11) is 0. The summed E-state index contributed by atoms with van der Waals surface area (Å²) in [5.74, 6) is -0.148. The Morgan fingerprint density at radius 2 is 1.83 bits per heavy atom. The third kappa shape index (κ3) is 3.23. The molecule has 18 heavy (non-hydrogen) atoms. The molecule has 0 spiro atoms. The van der Waals surface area contributed by atoms with Crippen molar-refractivity contribution in [3.8, 4) is 0 Å². The van der Waals surface area contributed by atoms with E-state index in [1.54, 1.807) is 24.3 Å². The highest BCUT2D eigenvalue weighted by atomic mass is 127. The maximum atomic E-state index is 12.1. The van der Waals surface area contributed by atoms with E-state index in [2.05, 4.69) is 43.8 Å². The van der Waals surface area contributed by atoms with Gasteiger partial charge >= 0.3 is 0 Å². The van der Waals surface area contributed by atoms with Crippen LogP contribution in [0.2, 0.25) is 0 Å². The Labute approximate surface area is 127 Å². The lowest BCUT2D eigenvalue weighted by atomic mass is 10.2. The van der Waals surface area contributed by atoms with Crippen LogP contribution in [0.3, 0.4) is 0 Å². The second-order valence-corrected chi connectivity index (χ2v) is 5.80. The van der Waals surface area contributed by atoms with Gasteiger partial charge in [0.1, 0.15) is 0 Å². The fourth-order valence-corrected chi connectivity index (χ4v) is 2.35. The van der Waals surface area contributed by atoms with Gasteiger partial charge in [-0.3, -0.25) is 4.79 Å². The number of halogens is 2. The van der Waals surface area contributed by atoms with Crippen LogP contribution in [0.25, 0.3) is 0 Å². The molecule has 1 amide bonds. The molecule has 92 valence electrons. The minimum Gasteiger partial charge on any atom is -0.399 e. The first-order valence-corrected chi connectivity index (χ1v) is 7.05. The van der Waals surface area contributed by atoms with E-state index in [0.717, 1.165) is 13.7 Å². The average molecular weight is 417 g/mol. The lowest BCUT2D eigenvalue weighted by Crippen LogP contribution is -2.12. The van der Waals surface area contributed by atoms with Crippen LogP contribution in [0.1, 0.15) is 10.4 Å². The van der Waals surface area contributed by atoms with Gasteiger partial charge in [0.2, 0.25) is 0 Å². The zero-order valence-corrected chi connectivity index (χ0v) is 13.0. The Bertz CT molecular complexity index is 584. The van der Waals surface area contributed by atoms with E-state index in [1.807, 2.05) is 18.2 Å². The van der Waals surface area contributed by atoms with Crippen LogP contribution in [0.4, 0.5) is 11.4 Å². The van der Waals surface area contributed by atoms with E-state index in [0.29, 0.717) is 11.3 Å². The van der Waals surface area contributed by atoms with E-state index in [-0.39, 0.29) is 5.91 Å². The second-order valence-electron chi connectivity index (χ2n) is 3.70. The van der Waals surface area contributed by atoms with E-state index in [9.17, 15) is 4.79 Å². The molecule has 0 aromatic heterocycles. The number of carbonyl (C=O) groups excluding carboxylic acids is 1. The van der Waals surface area contributed by atoms with Crippen LogP contribution < -0.4 is 11.1 Å². The van der Waals surface area contributed by atoms with Crippen molar-refractivity contribution in [3.05, 3.63) is 56.1 Å². The molecule has 2 aromatic rings. The molecule has 0 fully saturated rings. The number of carbonyl (C=O) groups is 1. The summed E-state index contributed by atoms with van der Waals surface area (Å²) in [5.41, 5.74) is 7.59. The van der Waals surface area contributed by atoms with Gasteiger partial charge in [-0.2, -0.15) is 0 Å². The SMILES string of the molecule is Nc1ccc(NC(=O)c2cc(I)ccc2Br)cc1. The monoisotopic (exact) mass is 416 g/mol. The van der Waals surface area contributed by atoms with E-state index in [1.165, 1.54) is 0 Å². The molecule has 2 rings (SSSR count). The van der Waals surface area contributed by atoms with Crippen molar-refractivity contribution >= 4 is 55.8 Å². The molecule has 0 aliphatic heterocycles. The first-order chi connectivity index (χ1) is 8.56. The summed E-state index contributed by atoms with van der Waals surface area (Å²) in [6, 6.07) is 12.7. The fourth-order valence-electron chi connectivity index (χ4n) is 1.44. The van der Waals surface area contributed by atoms with E-state index < -0.39 is 0 Å². The molecule has 0 heterocycles. The van der Waals surface area contributed by atoms with Crippen molar-refractivity contribution in [1.82, 2.24) is 0 Å². The quantitative estimate of drug-likeness (QED) is 0.576. The molecule has 0 bridgehead atoms. The molecule has 5 heteroatoms. The third-order valence-corrected chi connectivity index (χ3v) is 3.70. The summed E-state index contributed by atoms with van der Waals surface area (Å²) < 4.78 is 1.79. The predicted octanol–water partition coefficient (Wildman–Crippen LogP) is 3.89. The number of hydrogen-bond acceptors (Lipinski definition) is 2. The van der Waals surface area contributed by atoms with Gasteiger partial charge in [0.15, 0.2) is 0 Å². The summed E-state index contributed by atoms with van der Waals surface area (Å²) in [4.78, 5) is 12.1. The number of nitrogens with one attached hydrogen (secondary N) is 1. The third-order valence-electron chi connectivity index (χ3n) is 2.34. The Balaban J connectivity index is 2.21. The number of rotatable bonds is 2. The zero-order valence-electron chi connectivity index (χ0n) is 9.28. The number of hydrogen-bond donors (Lipinski definition) is 2. The molecule has 0 saturated heterocycles. The number of nitrogen functional groups attached to an aromatic ring is 1. The van der Waals surface area contributed by atoms with Gasteiger partial charge in [0.05, 0.1) is 5.56 Å². The molecular weight excluding hydrogens is 407 g/mol. The second kappa shape index (κ2) is 5.71. The Morgan fingerprint density at radius 3 is 2.50 bits per heavy atom. The predicted molar refractivity (Wildman–Crippen MR) is 85.7 cm³/mol. The topological polar surface area (TPSA) is 55.1 Å². The zero-order chi connectivity index (χ0) is 13.1. The average Bonchev–Trinajstić information content (AvgIpc) is 2.35. The maximum Gasteiger partial charge on any atom is 0.256 e. The van der Waals surface area contributed by atoms with Gasteiger partial charge in [0, 0.05) is 19.4 Å². The number of amides is 1. The summed E-state index contributed by atoms with van der Waals surface area (Å²) in [6.45, 7) is 0. The van der Waals surface area contributed by atoms with Crippen molar-refractivity contribution in [2.24, 2.45) is 0 Å². The smallest absolute Gasteiger partial charge is 0.256 e. The molecular formula is C13H10BrIN2O. The molecule has 0 aliphatic carbocycles. The normalized spacial score (nSPS) is 10.1. The molecule has 0 saturated carbocycles. The van der Waals surface area contributed by atoms with Crippen LogP contribution in [0.5, 0.6) is 0 Å². The first kappa shape index (κ1) is 13.4. The first-order valence-electron chi connectivity index (χ1n) is 5.18. The van der Waals surface area contributed by atoms with Gasteiger partial charge in [-0.1, -0.05) is 0 Å². The van der Waals surface area contributed by atoms with Gasteiger partial charge in [-0.05, 0) is 81.0 Å². The van der Waals surface area contributed by atoms with Crippen LogP contribution in [0.15, 0.2) is 46.9 Å². The van der Waals surface area contributed by atoms with Crippen molar-refractivity contribution < 1.29 is 4.79 Å². The van der Waals surface area contributed by atoms with Crippen LogP contribution in [0, 0.1) is 3.57 Å². The lowest BCUT2D eigenvalue weighted by molar-refractivity contribution is 0.102. The number of nitrogens with two attached hydrogens (primary N) is 1. The maximum absolute atomic E-state index is 12.1. The number of benzene rings is 2. The van der Waals surface area contributed by atoms with Crippen molar-refractivity contribution in [2.45, 2.75) is 0 Å². The standard InChI is InChI=1S/C13H10BrIN2O/c14-12-6-1-8(15)7-11(12)13(18)17-10-4-2-9(16)3-5-10/h1-7H,16H2,(H,17,18). The summed E-state index contributed by atoms with van der Waals surface area (Å²) in [6.07, 6.45) is 0. The highest BCUT2D eigenvalue weighted by molar-refractivity contribution is 14.1. The van der Waals surface area contributed by atoms with Crippen LogP contribution in [-0.4, -0.2) is 5.91 Å². The molecule has 3 N–H and O–H groups in total. The van der Waals surface area contributed by atoms with Gasteiger partial charge in [-0.15, -0.1) is 0 Å². The Hall–Kier alpha value is -1.08. The molecule has 0 atom stereocenters. The van der Waals surface area contributed by atoms with Crippen molar-refractivity contribution in [3.63, 3.8) is 0 Å². The molecule has 0 radical (unpaired) electrons. The van der Waals surface area contributed by atoms with Gasteiger partial charge in [-0.25, -0.2) is 0 Å². The number of anilines is 2. The molecule has 3 nitrogen and oxygen atoms in total. The van der Waals surface area contributed by atoms with Crippen molar-refractivity contribution in [1.29, 1.82) is 0 Å². The Morgan fingerprint density at radius 1 is 1.17 bits per heavy atom. The lowest BCUT2D eigenvalue weighted by Gasteiger charge is -2.07. The highest BCUT2D eigenvalue weighted by Gasteiger charge is 2.10. The van der Waals surface area contributed by atoms with Crippen molar-refractivity contribution in [2.75, 3.05) is 11.1 Å². The van der Waals surface area contributed by atoms with Gasteiger partial charge in [0.25, 0.3) is 5.91 Å². The van der Waals surface area contributed by atoms with E-state index in [4.69, 9.17) is 5.73 Å². The highest BCUT2D eigenvalue weighted by Crippen LogP contribution is 2.21. The fraction of sp³-hybridized carbons (Fsp3) is 0. The van der Waals surface area contributed by atoms with Crippen LogP contribution in [-0.2, 0) is 0 Å². The minimum absolute atomic E-state index is 0.148. The summed E-state index contributed by atoms with van der Waals surface area (Å²) >= 11 is 5.55. The Kier molecular flexibility index (Phi) is 4.23. The molecule has 0 unspecified atom stereocenters. The molecule has 2 aromatic carbocycles. The summed E-state index contributed by atoms with van der Waals surface area (Å²) in [5, 5.41) is 2.83. The molecule has 0 aliphatic rings. The van der Waals surface area contributed by atoms with Gasteiger partial charge < -0.3 is 11.1 Å².